The first-order valence-electron chi connectivity index (χ1n) is 13.7. The van der Waals surface area contributed by atoms with Gasteiger partial charge in [-0.25, -0.2) is 9.78 Å². The number of carbonyl (C=O) groups excluding carboxylic acids is 1. The maximum atomic E-state index is 12.4. The average Bonchev–Trinajstić information content (AvgIpc) is 3.15. The molecule has 2 aromatic heterocycles. The van der Waals surface area contributed by atoms with Gasteiger partial charge in [-0.05, 0) is 46.6 Å². The number of nitrogens with zero attached hydrogens (tertiary/aromatic N) is 7. The zero-order valence-electron chi connectivity index (χ0n) is 23.2. The molecule has 3 aliphatic rings. The van der Waals surface area contributed by atoms with Crippen LogP contribution in [0.5, 0.6) is 5.88 Å². The largest absolute Gasteiger partial charge is 0.476 e. The van der Waals surface area contributed by atoms with Gasteiger partial charge in [-0.15, -0.1) is 10.2 Å². The van der Waals surface area contributed by atoms with E-state index in [1.165, 1.54) is 0 Å². The van der Waals surface area contributed by atoms with Crippen molar-refractivity contribution >= 4 is 34.9 Å². The van der Waals surface area contributed by atoms with Crippen LogP contribution in [0.25, 0.3) is 0 Å². The molecule has 3 atom stereocenters. The van der Waals surface area contributed by atoms with Crippen LogP contribution >= 0.6 is 11.6 Å². The number of hydrogen-bond acceptors (Lipinski definition) is 10. The van der Waals surface area contributed by atoms with Crippen molar-refractivity contribution in [2.24, 2.45) is 0 Å². The Kier molecular flexibility index (Phi) is 7.91. The third kappa shape index (κ3) is 6.41. The molecule has 11 nitrogen and oxygen atoms in total. The van der Waals surface area contributed by atoms with E-state index >= 15 is 0 Å². The third-order valence-corrected chi connectivity index (χ3v) is 7.84. The van der Waals surface area contributed by atoms with E-state index in [0.29, 0.717) is 48.6 Å². The number of ether oxygens (including phenoxy) is 2. The Morgan fingerprint density at radius 3 is 2.56 bits per heavy atom. The van der Waals surface area contributed by atoms with Gasteiger partial charge in [0.25, 0.3) is 0 Å². The number of carbonyl (C=O) groups is 1. The summed E-state index contributed by atoms with van der Waals surface area (Å²) in [5, 5.41) is 8.19. The van der Waals surface area contributed by atoms with E-state index in [9.17, 15) is 4.79 Å². The Labute approximate surface area is 235 Å². The van der Waals surface area contributed by atoms with Crippen molar-refractivity contribution in [1.29, 1.82) is 0 Å². The number of nitrogen functional groups attached to an aromatic ring is 1. The molecule has 2 unspecified atom stereocenters. The lowest BCUT2D eigenvalue weighted by molar-refractivity contribution is 0.00424. The van der Waals surface area contributed by atoms with Gasteiger partial charge in [-0.1, -0.05) is 11.6 Å². The van der Waals surface area contributed by atoms with Gasteiger partial charge in [0, 0.05) is 81.4 Å². The van der Waals surface area contributed by atoms with Crippen LogP contribution in [0.1, 0.15) is 40.5 Å². The molecule has 0 radical (unpaired) electrons. The highest BCUT2D eigenvalue weighted by atomic mass is 35.5. The first-order valence-corrected chi connectivity index (χ1v) is 14.1. The minimum absolute atomic E-state index is 0.223. The maximum absolute atomic E-state index is 12.4. The lowest BCUT2D eigenvalue weighted by Gasteiger charge is -2.43. The molecule has 2 N–H and O–H groups in total. The maximum Gasteiger partial charge on any atom is 0.410 e. The molecule has 39 heavy (non-hydrogen) atoms. The molecule has 2 bridgehead atoms. The minimum atomic E-state index is -0.487. The van der Waals surface area contributed by atoms with Crippen molar-refractivity contribution in [1.82, 2.24) is 25.0 Å². The smallest absolute Gasteiger partial charge is 0.410 e. The number of nitrogens with two attached hydrogens (primary N) is 1. The van der Waals surface area contributed by atoms with Crippen molar-refractivity contribution in [3.8, 4) is 5.88 Å². The molecule has 12 heteroatoms. The molecule has 3 saturated heterocycles. The first-order chi connectivity index (χ1) is 18.6. The number of piperazine rings is 2. The van der Waals surface area contributed by atoms with E-state index < -0.39 is 5.60 Å². The number of pyridine rings is 1. The van der Waals surface area contributed by atoms with Gasteiger partial charge in [0.2, 0.25) is 5.88 Å². The monoisotopic (exact) mass is 558 g/mol. The Hall–Kier alpha value is -3.05. The average molecular weight is 559 g/mol. The van der Waals surface area contributed by atoms with E-state index in [0.717, 1.165) is 50.4 Å². The number of amides is 1. The second-order valence-corrected chi connectivity index (χ2v) is 12.0. The number of rotatable bonds is 6. The van der Waals surface area contributed by atoms with Gasteiger partial charge < -0.3 is 29.9 Å². The van der Waals surface area contributed by atoms with Gasteiger partial charge >= 0.3 is 6.09 Å². The van der Waals surface area contributed by atoms with Gasteiger partial charge in [0.1, 0.15) is 12.2 Å². The second kappa shape index (κ2) is 11.2. The van der Waals surface area contributed by atoms with E-state index in [-0.39, 0.29) is 12.1 Å². The molecular weight excluding hydrogens is 520 g/mol. The molecule has 3 aliphatic heterocycles. The lowest BCUT2D eigenvalue weighted by atomic mass is 10.1. The highest BCUT2D eigenvalue weighted by Crippen LogP contribution is 2.38. The summed E-state index contributed by atoms with van der Waals surface area (Å²) in [4.78, 5) is 25.8. The van der Waals surface area contributed by atoms with Crippen molar-refractivity contribution < 1.29 is 14.3 Å². The number of anilines is 3. The van der Waals surface area contributed by atoms with Crippen LogP contribution < -0.4 is 20.3 Å². The summed E-state index contributed by atoms with van der Waals surface area (Å²) < 4.78 is 11.6. The number of hydrogen-bond donors (Lipinski definition) is 1. The van der Waals surface area contributed by atoms with Crippen molar-refractivity contribution in [3.05, 3.63) is 29.5 Å². The molecule has 5 heterocycles. The normalized spacial score (nSPS) is 23.7. The van der Waals surface area contributed by atoms with E-state index in [1.807, 2.05) is 33.0 Å². The summed E-state index contributed by atoms with van der Waals surface area (Å²) in [7, 11) is 0. The molecule has 1 amide bonds. The predicted molar refractivity (Wildman–Crippen MR) is 152 cm³/mol. The van der Waals surface area contributed by atoms with Gasteiger partial charge in [0.15, 0.2) is 11.0 Å². The quantitative estimate of drug-likeness (QED) is 0.566. The van der Waals surface area contributed by atoms with Crippen LogP contribution in [0.15, 0.2) is 24.4 Å². The van der Waals surface area contributed by atoms with Crippen LogP contribution in [-0.2, 0) is 4.74 Å². The summed E-state index contributed by atoms with van der Waals surface area (Å²) >= 11 is 6.09. The van der Waals surface area contributed by atoms with Crippen LogP contribution in [0, 0.1) is 0 Å². The molecule has 3 fully saturated rings. The second-order valence-electron chi connectivity index (χ2n) is 11.6. The fourth-order valence-electron chi connectivity index (χ4n) is 5.87. The molecule has 2 aromatic rings. The summed E-state index contributed by atoms with van der Waals surface area (Å²) in [6.07, 6.45) is 3.80. The van der Waals surface area contributed by atoms with Crippen LogP contribution in [-0.4, -0.2) is 101 Å². The topological polar surface area (TPSA) is 113 Å². The molecule has 0 aliphatic carbocycles. The summed E-state index contributed by atoms with van der Waals surface area (Å²) in [5.74, 6) is 1.04. The highest BCUT2D eigenvalue weighted by molar-refractivity contribution is 6.29. The Balaban J connectivity index is 1.14. The zero-order valence-corrected chi connectivity index (χ0v) is 24.0. The molecule has 0 spiro atoms. The van der Waals surface area contributed by atoms with Gasteiger partial charge in [-0.2, -0.15) is 0 Å². The fourth-order valence-corrected chi connectivity index (χ4v) is 6.01. The SMILES string of the molecule is C[C@@H]1CN(C(=O)OC(C)(C)C)CCN1CCOc1cc(N2C3CCC2CN(c2cc(Cl)nnc2N)C3)ccn1. The molecule has 212 valence electrons. The van der Waals surface area contributed by atoms with Gasteiger partial charge in [0.05, 0.1) is 5.69 Å². The Morgan fingerprint density at radius 2 is 1.87 bits per heavy atom. The fraction of sp³-hybridized carbons (Fsp3) is 0.630. The Bertz CT molecular complexity index is 1160. The van der Waals surface area contributed by atoms with Crippen molar-refractivity contribution in [3.63, 3.8) is 0 Å². The number of aromatic nitrogens is 3. The lowest BCUT2D eigenvalue weighted by Crippen LogP contribution is -2.55. The van der Waals surface area contributed by atoms with Crippen molar-refractivity contribution in [2.75, 3.05) is 61.4 Å². The molecule has 5 rings (SSSR count). The number of fused-ring (bicyclic) bond motifs is 2. The number of halogens is 1. The molecular formula is C27H39ClN8O3. The molecule has 0 aromatic carbocycles. The van der Waals surface area contributed by atoms with Crippen LogP contribution in [0.4, 0.5) is 22.0 Å². The Morgan fingerprint density at radius 1 is 1.13 bits per heavy atom. The summed E-state index contributed by atoms with van der Waals surface area (Å²) in [5.41, 5.74) is 7.61. The first kappa shape index (κ1) is 27.5. The zero-order chi connectivity index (χ0) is 27.7. The standard InChI is InChI=1S/C27H39ClN8O3/c1-18-15-34(26(37)39-27(2,3)4)10-9-33(18)11-12-38-24-13-19(7-8-30-24)36-20-5-6-21(36)17-35(16-20)22-14-23(28)31-32-25(22)29/h7-8,13-14,18,20-21H,5-6,9-12,15-17H2,1-4H3,(H2,29,32)/t18-,20?,21?/m1/s1. The van der Waals surface area contributed by atoms with E-state index in [2.05, 4.69) is 42.9 Å². The van der Waals surface area contributed by atoms with Crippen LogP contribution in [0.2, 0.25) is 5.15 Å². The third-order valence-electron chi connectivity index (χ3n) is 7.66. The minimum Gasteiger partial charge on any atom is -0.476 e. The van der Waals surface area contributed by atoms with E-state index in [1.54, 1.807) is 11.0 Å². The predicted octanol–water partition coefficient (Wildman–Crippen LogP) is 3.28. The summed E-state index contributed by atoms with van der Waals surface area (Å²) in [6, 6.07) is 6.84. The molecule has 0 saturated carbocycles. The van der Waals surface area contributed by atoms with Gasteiger partial charge in [-0.3, -0.25) is 4.90 Å². The highest BCUT2D eigenvalue weighted by Gasteiger charge is 2.41. The summed E-state index contributed by atoms with van der Waals surface area (Å²) in [6.45, 7) is 12.9. The van der Waals surface area contributed by atoms with Crippen LogP contribution in [0.3, 0.4) is 0 Å². The van der Waals surface area contributed by atoms with Crippen molar-refractivity contribution in [2.45, 2.75) is 64.3 Å². The van der Waals surface area contributed by atoms with E-state index in [4.69, 9.17) is 26.8 Å².